The largest absolute Gasteiger partial charge is 0.507 e. The molecule has 0 spiro atoms. The van der Waals surface area contributed by atoms with Gasteiger partial charge in [0.1, 0.15) is 11.3 Å². The van der Waals surface area contributed by atoms with Crippen LogP contribution in [0.4, 0.5) is 5.13 Å². The number of aliphatic hydroxyl groups is 1. The molecule has 1 amide bonds. The minimum atomic E-state index is -0.765. The van der Waals surface area contributed by atoms with Gasteiger partial charge in [0.25, 0.3) is 5.78 Å². The van der Waals surface area contributed by atoms with Gasteiger partial charge in [-0.05, 0) is 12.5 Å². The van der Waals surface area contributed by atoms with E-state index in [0.29, 0.717) is 16.3 Å². The molecule has 134 valence electrons. The van der Waals surface area contributed by atoms with Gasteiger partial charge in [0.05, 0.1) is 11.6 Å². The molecule has 2 aromatic carbocycles. The highest BCUT2D eigenvalue weighted by Gasteiger charge is 2.48. The smallest absolute Gasteiger partial charge is 0.301 e. The molecular weight excluding hydrogens is 362 g/mol. The van der Waals surface area contributed by atoms with E-state index < -0.39 is 17.7 Å². The first kappa shape index (κ1) is 17.1. The number of hydrogen-bond acceptors (Lipinski definition) is 6. The minimum Gasteiger partial charge on any atom is -0.507 e. The maximum atomic E-state index is 12.8. The number of ketones is 1. The zero-order valence-corrected chi connectivity index (χ0v) is 15.2. The number of aromatic nitrogens is 2. The molecule has 0 radical (unpaired) electrons. The van der Waals surface area contributed by atoms with Crippen molar-refractivity contribution in [3.8, 4) is 0 Å². The molecule has 1 aliphatic heterocycles. The number of benzene rings is 2. The first-order chi connectivity index (χ1) is 13.1. The van der Waals surface area contributed by atoms with Crippen LogP contribution in [-0.2, 0) is 9.59 Å². The lowest BCUT2D eigenvalue weighted by Crippen LogP contribution is -2.29. The fourth-order valence-electron chi connectivity index (χ4n) is 3.12. The van der Waals surface area contributed by atoms with Gasteiger partial charge < -0.3 is 5.11 Å². The normalized spacial score (nSPS) is 18.9. The van der Waals surface area contributed by atoms with Crippen LogP contribution in [0.5, 0.6) is 0 Å². The predicted molar refractivity (Wildman–Crippen MR) is 102 cm³/mol. The van der Waals surface area contributed by atoms with Crippen LogP contribution in [0.2, 0.25) is 0 Å². The number of nitrogens with zero attached hydrogens (tertiary/aromatic N) is 3. The predicted octanol–water partition coefficient (Wildman–Crippen LogP) is 3.47. The van der Waals surface area contributed by atoms with E-state index >= 15 is 0 Å². The van der Waals surface area contributed by atoms with Gasteiger partial charge >= 0.3 is 5.91 Å². The van der Waals surface area contributed by atoms with Crippen molar-refractivity contribution in [2.24, 2.45) is 0 Å². The quantitative estimate of drug-likeness (QED) is 0.429. The van der Waals surface area contributed by atoms with Crippen LogP contribution in [0, 0.1) is 6.92 Å². The number of anilines is 1. The summed E-state index contributed by atoms with van der Waals surface area (Å²) >= 11 is 1.16. The second kappa shape index (κ2) is 6.77. The van der Waals surface area contributed by atoms with Crippen LogP contribution < -0.4 is 4.90 Å². The fraction of sp³-hybridized carbons (Fsp3) is 0.100. The van der Waals surface area contributed by atoms with Gasteiger partial charge in [0, 0.05) is 5.56 Å². The summed E-state index contributed by atoms with van der Waals surface area (Å²) < 4.78 is 0. The number of hydrogen-bond donors (Lipinski definition) is 1. The Morgan fingerprint density at radius 1 is 1.07 bits per heavy atom. The van der Waals surface area contributed by atoms with Crippen LogP contribution in [0.15, 0.2) is 65.7 Å². The summed E-state index contributed by atoms with van der Waals surface area (Å²) in [6, 6.07) is 15.5. The van der Waals surface area contributed by atoms with E-state index in [1.54, 1.807) is 24.3 Å². The third-order valence-electron chi connectivity index (χ3n) is 4.44. The van der Waals surface area contributed by atoms with Gasteiger partial charge in [0.15, 0.2) is 0 Å². The van der Waals surface area contributed by atoms with Gasteiger partial charge in [-0.25, -0.2) is 0 Å². The summed E-state index contributed by atoms with van der Waals surface area (Å²) in [6.07, 6.45) is 0. The maximum Gasteiger partial charge on any atom is 0.301 e. The van der Waals surface area contributed by atoms with Gasteiger partial charge in [0.2, 0.25) is 5.13 Å². The van der Waals surface area contributed by atoms with E-state index in [9.17, 15) is 14.7 Å². The van der Waals surface area contributed by atoms with E-state index in [2.05, 4.69) is 10.2 Å². The van der Waals surface area contributed by atoms with Crippen LogP contribution in [0.25, 0.3) is 5.76 Å². The Morgan fingerprint density at radius 3 is 2.41 bits per heavy atom. The van der Waals surface area contributed by atoms with Gasteiger partial charge in [-0.2, -0.15) is 0 Å². The van der Waals surface area contributed by atoms with Crippen LogP contribution in [0.3, 0.4) is 0 Å². The summed E-state index contributed by atoms with van der Waals surface area (Å²) in [6.45, 7) is 1.95. The summed E-state index contributed by atoms with van der Waals surface area (Å²) in [7, 11) is 0. The molecule has 2 heterocycles. The summed E-state index contributed by atoms with van der Waals surface area (Å²) in [5, 5.41) is 18.9. The Kier molecular flexibility index (Phi) is 4.29. The fourth-order valence-corrected chi connectivity index (χ4v) is 3.70. The highest BCUT2D eigenvalue weighted by Crippen LogP contribution is 2.42. The minimum absolute atomic E-state index is 0.0465. The zero-order valence-electron chi connectivity index (χ0n) is 14.4. The van der Waals surface area contributed by atoms with Gasteiger partial charge in [-0.15, -0.1) is 10.2 Å². The lowest BCUT2D eigenvalue weighted by molar-refractivity contribution is -0.132. The van der Waals surface area contributed by atoms with Crippen molar-refractivity contribution in [3.05, 3.63) is 82.4 Å². The Labute approximate surface area is 159 Å². The van der Waals surface area contributed by atoms with Crippen LogP contribution in [0.1, 0.15) is 22.7 Å². The molecule has 1 unspecified atom stereocenters. The molecule has 0 saturated carbocycles. The first-order valence-corrected chi connectivity index (χ1v) is 9.15. The van der Waals surface area contributed by atoms with E-state index in [1.165, 1.54) is 10.4 Å². The molecule has 4 rings (SSSR count). The molecule has 1 atom stereocenters. The first-order valence-electron chi connectivity index (χ1n) is 8.27. The number of aliphatic hydroxyl groups excluding tert-OH is 1. The Hall–Kier alpha value is -3.32. The van der Waals surface area contributed by atoms with Crippen molar-refractivity contribution in [1.82, 2.24) is 10.2 Å². The molecule has 3 aromatic rings. The molecule has 7 heteroatoms. The number of rotatable bonds is 3. The summed E-state index contributed by atoms with van der Waals surface area (Å²) in [5.74, 6) is -1.67. The average Bonchev–Trinajstić information content (AvgIpc) is 3.30. The molecule has 1 N–H and O–H groups in total. The highest BCUT2D eigenvalue weighted by molar-refractivity contribution is 7.13. The van der Waals surface area contributed by atoms with E-state index in [1.807, 2.05) is 37.3 Å². The Bertz CT molecular complexity index is 1030. The average molecular weight is 377 g/mol. The van der Waals surface area contributed by atoms with Crippen molar-refractivity contribution in [2.45, 2.75) is 13.0 Å². The maximum absolute atomic E-state index is 12.8. The Balaban J connectivity index is 1.94. The lowest BCUT2D eigenvalue weighted by Gasteiger charge is -2.22. The van der Waals surface area contributed by atoms with Crippen molar-refractivity contribution >= 4 is 33.9 Å². The van der Waals surface area contributed by atoms with E-state index in [4.69, 9.17) is 0 Å². The van der Waals surface area contributed by atoms with Gasteiger partial charge in [-0.3, -0.25) is 14.5 Å². The SMILES string of the molecule is Cc1ccc(C2/C(=C(\O)c3ccccc3)C(=O)C(=O)N2c2nncs2)cc1. The zero-order chi connectivity index (χ0) is 19.0. The third kappa shape index (κ3) is 2.92. The topological polar surface area (TPSA) is 83.4 Å². The monoisotopic (exact) mass is 377 g/mol. The number of carbonyl (C=O) groups excluding carboxylic acids is 2. The second-order valence-electron chi connectivity index (χ2n) is 6.17. The van der Waals surface area contributed by atoms with Crippen molar-refractivity contribution in [2.75, 3.05) is 4.90 Å². The number of Topliss-reactive ketones (excluding diaryl/α,β-unsaturated/α-hetero) is 1. The summed E-state index contributed by atoms with van der Waals surface area (Å²) in [4.78, 5) is 26.9. The molecule has 1 saturated heterocycles. The summed E-state index contributed by atoms with van der Waals surface area (Å²) in [5.41, 5.74) is 3.79. The van der Waals surface area contributed by atoms with Crippen LogP contribution in [-0.4, -0.2) is 27.0 Å². The standard InChI is InChI=1S/C20H15N3O3S/c1-12-7-9-13(10-8-12)16-15(17(24)14-5-3-2-4-6-14)18(25)19(26)23(16)20-22-21-11-27-20/h2-11,16,24H,1H3/b17-15+. The van der Waals surface area contributed by atoms with Crippen molar-refractivity contribution < 1.29 is 14.7 Å². The van der Waals surface area contributed by atoms with Gasteiger partial charge in [-0.1, -0.05) is 71.5 Å². The molecule has 1 aliphatic rings. The van der Waals surface area contributed by atoms with Crippen LogP contribution >= 0.6 is 11.3 Å². The molecule has 6 nitrogen and oxygen atoms in total. The molecule has 1 fully saturated rings. The number of aryl methyl sites for hydroxylation is 1. The molecule has 1 aromatic heterocycles. The highest BCUT2D eigenvalue weighted by atomic mass is 32.1. The lowest BCUT2D eigenvalue weighted by atomic mass is 9.95. The van der Waals surface area contributed by atoms with Crippen molar-refractivity contribution in [1.29, 1.82) is 0 Å². The van der Waals surface area contributed by atoms with E-state index in [0.717, 1.165) is 16.9 Å². The van der Waals surface area contributed by atoms with Crippen molar-refractivity contribution in [3.63, 3.8) is 0 Å². The molecular formula is C20H15N3O3S. The second-order valence-corrected chi connectivity index (χ2v) is 6.98. The Morgan fingerprint density at radius 2 is 1.78 bits per heavy atom. The van der Waals surface area contributed by atoms with E-state index in [-0.39, 0.29) is 11.3 Å². The molecule has 27 heavy (non-hydrogen) atoms. The number of carbonyl (C=O) groups is 2. The molecule has 0 bridgehead atoms. The third-order valence-corrected chi connectivity index (χ3v) is 5.13. The number of amides is 1. The molecule has 0 aliphatic carbocycles.